The Hall–Kier alpha value is -1.82. The van der Waals surface area contributed by atoms with Crippen molar-refractivity contribution in [2.45, 2.75) is 13.3 Å². The lowest BCUT2D eigenvalue weighted by Crippen LogP contribution is -2.00. The molecule has 1 aromatic heterocycles. The molecule has 0 aliphatic rings. The number of nitrogens with zero attached hydrogens (tertiary/aromatic N) is 1. The molecule has 0 fully saturated rings. The average molecular weight is 341 g/mol. The van der Waals surface area contributed by atoms with Gasteiger partial charge in [-0.05, 0) is 28.4 Å². The maximum Gasteiger partial charge on any atom is 0.167 e. The van der Waals surface area contributed by atoms with E-state index >= 15 is 0 Å². The molecule has 2 rings (SSSR count). The Kier molecular flexibility index (Phi) is 4.79. The highest BCUT2D eigenvalue weighted by molar-refractivity contribution is 9.10. The molecule has 0 amide bonds. The largest absolute Gasteiger partial charge is 0.490 e. The molecule has 2 N–H and O–H groups in total. The smallest absolute Gasteiger partial charge is 0.167 e. The van der Waals surface area contributed by atoms with E-state index < -0.39 is 5.82 Å². The molecule has 0 atom stereocenters. The van der Waals surface area contributed by atoms with Crippen LogP contribution in [-0.4, -0.2) is 11.6 Å². The van der Waals surface area contributed by atoms with Crippen LogP contribution in [0.3, 0.4) is 0 Å². The van der Waals surface area contributed by atoms with Crippen LogP contribution >= 0.6 is 15.9 Å². The monoisotopic (exact) mass is 340 g/mol. The third-order valence-electron chi connectivity index (χ3n) is 2.43. The van der Waals surface area contributed by atoms with Crippen molar-refractivity contribution in [1.82, 2.24) is 4.98 Å². The fourth-order valence-electron chi connectivity index (χ4n) is 1.54. The Labute approximate surface area is 124 Å². The lowest BCUT2D eigenvalue weighted by molar-refractivity contribution is 0.299. The van der Waals surface area contributed by atoms with E-state index in [0.717, 1.165) is 10.9 Å². The number of benzene rings is 1. The summed E-state index contributed by atoms with van der Waals surface area (Å²) in [7, 11) is 0. The van der Waals surface area contributed by atoms with Crippen LogP contribution in [0.5, 0.6) is 17.2 Å². The van der Waals surface area contributed by atoms with E-state index in [9.17, 15) is 4.39 Å². The van der Waals surface area contributed by atoms with Crippen molar-refractivity contribution in [2.75, 3.05) is 12.3 Å². The SMILES string of the molecule is CCCOc1cc(Oc2cncc(Br)c2)c(N)cc1F. The predicted octanol–water partition coefficient (Wildman–Crippen LogP) is 4.15. The minimum Gasteiger partial charge on any atom is -0.490 e. The standard InChI is InChI=1S/C14H14BrFN2O2/c1-2-3-19-13-6-14(12(17)5-11(13)16)20-10-4-9(15)7-18-8-10/h4-8H,2-3,17H2,1H3. The van der Waals surface area contributed by atoms with Gasteiger partial charge in [0, 0.05) is 22.8 Å². The Morgan fingerprint density at radius 3 is 2.75 bits per heavy atom. The molecule has 4 nitrogen and oxygen atoms in total. The number of nitrogens with two attached hydrogens (primary N) is 1. The molecule has 2 aromatic rings. The van der Waals surface area contributed by atoms with Gasteiger partial charge in [0.1, 0.15) is 5.75 Å². The normalized spacial score (nSPS) is 10.3. The highest BCUT2D eigenvalue weighted by Crippen LogP contribution is 2.33. The zero-order valence-electron chi connectivity index (χ0n) is 10.9. The van der Waals surface area contributed by atoms with Gasteiger partial charge >= 0.3 is 0 Å². The number of halogens is 2. The van der Waals surface area contributed by atoms with Crippen molar-refractivity contribution in [3.8, 4) is 17.2 Å². The molecular formula is C14H14BrFN2O2. The summed E-state index contributed by atoms with van der Waals surface area (Å²) in [5, 5.41) is 0. The molecule has 0 spiro atoms. The fraction of sp³-hybridized carbons (Fsp3) is 0.214. The third kappa shape index (κ3) is 3.60. The van der Waals surface area contributed by atoms with E-state index in [0.29, 0.717) is 18.1 Å². The number of hydrogen-bond acceptors (Lipinski definition) is 4. The van der Waals surface area contributed by atoms with Crippen molar-refractivity contribution < 1.29 is 13.9 Å². The number of anilines is 1. The van der Waals surface area contributed by atoms with E-state index in [1.807, 2.05) is 6.92 Å². The minimum absolute atomic E-state index is 0.124. The first kappa shape index (κ1) is 14.6. The first-order chi connectivity index (χ1) is 9.60. The zero-order valence-corrected chi connectivity index (χ0v) is 12.5. The van der Waals surface area contributed by atoms with E-state index in [1.54, 1.807) is 18.5 Å². The van der Waals surface area contributed by atoms with Gasteiger partial charge in [-0.25, -0.2) is 4.39 Å². The molecule has 0 unspecified atom stereocenters. The molecule has 20 heavy (non-hydrogen) atoms. The van der Waals surface area contributed by atoms with Gasteiger partial charge in [0.2, 0.25) is 0 Å². The van der Waals surface area contributed by atoms with Gasteiger partial charge in [-0.3, -0.25) is 4.98 Å². The van der Waals surface area contributed by atoms with Crippen LogP contribution in [0.25, 0.3) is 0 Å². The van der Waals surface area contributed by atoms with Crippen LogP contribution in [0.1, 0.15) is 13.3 Å². The molecule has 1 heterocycles. The topological polar surface area (TPSA) is 57.4 Å². The lowest BCUT2D eigenvalue weighted by Gasteiger charge is -2.12. The van der Waals surface area contributed by atoms with Crippen LogP contribution in [0, 0.1) is 5.82 Å². The summed E-state index contributed by atoms with van der Waals surface area (Å²) >= 11 is 3.30. The zero-order chi connectivity index (χ0) is 14.5. The second-order valence-electron chi connectivity index (χ2n) is 4.11. The van der Waals surface area contributed by atoms with Crippen LogP contribution in [0.2, 0.25) is 0 Å². The minimum atomic E-state index is -0.504. The maximum atomic E-state index is 13.7. The van der Waals surface area contributed by atoms with Crippen molar-refractivity contribution >= 4 is 21.6 Å². The Morgan fingerprint density at radius 2 is 2.05 bits per heavy atom. The Balaban J connectivity index is 2.26. The second-order valence-corrected chi connectivity index (χ2v) is 5.03. The highest BCUT2D eigenvalue weighted by atomic mass is 79.9. The fourth-order valence-corrected chi connectivity index (χ4v) is 1.88. The van der Waals surface area contributed by atoms with Gasteiger partial charge in [0.25, 0.3) is 0 Å². The molecule has 6 heteroatoms. The summed E-state index contributed by atoms with van der Waals surface area (Å²) in [5.41, 5.74) is 5.95. The molecule has 0 aliphatic heterocycles. The molecule has 0 saturated heterocycles. The van der Waals surface area contributed by atoms with Crippen molar-refractivity contribution in [2.24, 2.45) is 0 Å². The van der Waals surface area contributed by atoms with Gasteiger partial charge in [-0.1, -0.05) is 6.92 Å². The number of hydrogen-bond donors (Lipinski definition) is 1. The Morgan fingerprint density at radius 1 is 1.25 bits per heavy atom. The number of rotatable bonds is 5. The molecule has 106 valence electrons. The Bertz CT molecular complexity index is 608. The summed E-state index contributed by atoms with van der Waals surface area (Å²) in [6.45, 7) is 2.37. The van der Waals surface area contributed by atoms with Gasteiger partial charge in [-0.2, -0.15) is 0 Å². The van der Waals surface area contributed by atoms with E-state index in [1.165, 1.54) is 12.1 Å². The summed E-state index contributed by atoms with van der Waals surface area (Å²) in [6.07, 6.45) is 3.96. The first-order valence-corrected chi connectivity index (χ1v) is 6.89. The van der Waals surface area contributed by atoms with Crippen LogP contribution in [0.4, 0.5) is 10.1 Å². The maximum absolute atomic E-state index is 13.7. The number of aromatic nitrogens is 1. The average Bonchev–Trinajstić information content (AvgIpc) is 2.40. The van der Waals surface area contributed by atoms with E-state index in [-0.39, 0.29) is 11.4 Å². The first-order valence-electron chi connectivity index (χ1n) is 6.10. The van der Waals surface area contributed by atoms with Crippen LogP contribution in [-0.2, 0) is 0 Å². The van der Waals surface area contributed by atoms with Crippen LogP contribution in [0.15, 0.2) is 35.1 Å². The molecule has 0 bridgehead atoms. The van der Waals surface area contributed by atoms with Crippen molar-refractivity contribution in [3.05, 3.63) is 40.9 Å². The quantitative estimate of drug-likeness (QED) is 0.830. The third-order valence-corrected chi connectivity index (χ3v) is 2.87. The summed E-state index contributed by atoms with van der Waals surface area (Å²) in [5.74, 6) is 0.450. The van der Waals surface area contributed by atoms with Gasteiger partial charge in [-0.15, -0.1) is 0 Å². The molecule has 0 saturated carbocycles. The number of nitrogen functional groups attached to an aromatic ring is 1. The molecular weight excluding hydrogens is 327 g/mol. The highest BCUT2D eigenvalue weighted by Gasteiger charge is 2.11. The van der Waals surface area contributed by atoms with Crippen LogP contribution < -0.4 is 15.2 Å². The van der Waals surface area contributed by atoms with Crippen molar-refractivity contribution in [1.29, 1.82) is 0 Å². The number of pyridine rings is 1. The number of ether oxygens (including phenoxy) is 2. The van der Waals surface area contributed by atoms with E-state index in [2.05, 4.69) is 20.9 Å². The van der Waals surface area contributed by atoms with Gasteiger partial charge in [0.05, 0.1) is 18.5 Å². The van der Waals surface area contributed by atoms with E-state index in [4.69, 9.17) is 15.2 Å². The summed E-state index contributed by atoms with van der Waals surface area (Å²) in [6, 6.07) is 4.37. The lowest BCUT2D eigenvalue weighted by atomic mass is 10.2. The second kappa shape index (κ2) is 6.56. The molecule has 0 radical (unpaired) electrons. The summed E-state index contributed by atoms with van der Waals surface area (Å²) in [4.78, 5) is 3.98. The van der Waals surface area contributed by atoms with Gasteiger partial charge < -0.3 is 15.2 Å². The van der Waals surface area contributed by atoms with Crippen molar-refractivity contribution in [3.63, 3.8) is 0 Å². The summed E-state index contributed by atoms with van der Waals surface area (Å²) < 4.78 is 25.4. The molecule has 1 aromatic carbocycles. The molecule has 0 aliphatic carbocycles. The van der Waals surface area contributed by atoms with Gasteiger partial charge in [0.15, 0.2) is 17.3 Å². The predicted molar refractivity (Wildman–Crippen MR) is 78.6 cm³/mol.